The van der Waals surface area contributed by atoms with Crippen molar-refractivity contribution < 1.29 is 13.9 Å². The summed E-state index contributed by atoms with van der Waals surface area (Å²) in [6, 6.07) is 6.39. The number of likely N-dealkylation sites (tertiary alicyclic amines) is 1. The van der Waals surface area contributed by atoms with Crippen LogP contribution >= 0.6 is 0 Å². The van der Waals surface area contributed by atoms with Crippen LogP contribution in [0.15, 0.2) is 24.3 Å². The Morgan fingerprint density at radius 1 is 1.45 bits per heavy atom. The first-order chi connectivity index (χ1) is 10.7. The summed E-state index contributed by atoms with van der Waals surface area (Å²) in [6.07, 6.45) is 1.89. The van der Waals surface area contributed by atoms with Crippen LogP contribution in [0.1, 0.15) is 12.8 Å². The Kier molecular flexibility index (Phi) is 6.61. The Bertz CT molecular complexity index is 484. The number of rotatable bonds is 7. The number of hydrogen-bond donors (Lipinski definition) is 2. The van der Waals surface area contributed by atoms with Crippen molar-refractivity contribution in [2.24, 2.45) is 11.7 Å². The van der Waals surface area contributed by atoms with Crippen LogP contribution in [0.4, 0.5) is 4.39 Å². The number of ether oxygens (including phenoxy) is 1. The minimum Gasteiger partial charge on any atom is -0.489 e. The van der Waals surface area contributed by atoms with Crippen LogP contribution in [-0.4, -0.2) is 50.1 Å². The predicted molar refractivity (Wildman–Crippen MR) is 83.1 cm³/mol. The Morgan fingerprint density at radius 2 is 2.27 bits per heavy atom. The van der Waals surface area contributed by atoms with Crippen LogP contribution in [0, 0.1) is 11.7 Å². The Labute approximate surface area is 130 Å². The van der Waals surface area contributed by atoms with Crippen LogP contribution in [0.5, 0.6) is 5.75 Å². The molecule has 5 nitrogen and oxygen atoms in total. The van der Waals surface area contributed by atoms with E-state index in [-0.39, 0.29) is 23.4 Å². The van der Waals surface area contributed by atoms with E-state index in [1.165, 1.54) is 6.07 Å². The fourth-order valence-corrected chi connectivity index (χ4v) is 2.66. The second kappa shape index (κ2) is 8.70. The van der Waals surface area contributed by atoms with Crippen molar-refractivity contribution in [1.29, 1.82) is 0 Å². The van der Waals surface area contributed by atoms with E-state index >= 15 is 0 Å². The first kappa shape index (κ1) is 16.7. The maximum absolute atomic E-state index is 13.4. The van der Waals surface area contributed by atoms with Gasteiger partial charge >= 0.3 is 0 Å². The smallest absolute Gasteiger partial charge is 0.224 e. The highest BCUT2D eigenvalue weighted by atomic mass is 19.1. The normalized spacial score (nSPS) is 18.9. The van der Waals surface area contributed by atoms with Gasteiger partial charge in [-0.3, -0.25) is 9.69 Å². The van der Waals surface area contributed by atoms with Gasteiger partial charge in [-0.05, 0) is 31.5 Å². The molecule has 1 saturated heterocycles. The zero-order valence-corrected chi connectivity index (χ0v) is 12.8. The van der Waals surface area contributed by atoms with Gasteiger partial charge < -0.3 is 15.8 Å². The third-order valence-electron chi connectivity index (χ3n) is 3.82. The number of halogens is 1. The molecule has 1 fully saturated rings. The highest BCUT2D eigenvalue weighted by molar-refractivity contribution is 5.78. The molecule has 1 atom stereocenters. The van der Waals surface area contributed by atoms with Crippen LogP contribution < -0.4 is 15.8 Å². The number of para-hydroxylation sites is 1. The average molecular weight is 309 g/mol. The van der Waals surface area contributed by atoms with Crippen molar-refractivity contribution in [3.63, 3.8) is 0 Å². The van der Waals surface area contributed by atoms with E-state index in [2.05, 4.69) is 10.2 Å². The van der Waals surface area contributed by atoms with Gasteiger partial charge in [0.2, 0.25) is 5.91 Å². The molecule has 0 radical (unpaired) electrons. The summed E-state index contributed by atoms with van der Waals surface area (Å²) < 4.78 is 18.9. The molecule has 0 aliphatic carbocycles. The highest BCUT2D eigenvalue weighted by Gasteiger charge is 2.25. The Balaban J connectivity index is 1.74. The van der Waals surface area contributed by atoms with E-state index < -0.39 is 0 Å². The standard InChI is InChI=1S/C16H24FN3O2/c17-14-5-1-2-6-15(14)22-11-10-20-9-3-4-13(12-20)16(21)19-8-7-18/h1-2,5-6,13H,3-4,7-12,18H2,(H,19,21). The van der Waals surface area contributed by atoms with E-state index in [1.807, 2.05) is 0 Å². The van der Waals surface area contributed by atoms with Crippen molar-refractivity contribution in [2.45, 2.75) is 12.8 Å². The summed E-state index contributed by atoms with van der Waals surface area (Å²) in [4.78, 5) is 14.2. The summed E-state index contributed by atoms with van der Waals surface area (Å²) in [5.74, 6) is 0.0101. The zero-order valence-electron chi connectivity index (χ0n) is 12.8. The summed E-state index contributed by atoms with van der Waals surface area (Å²) in [5, 5.41) is 2.84. The summed E-state index contributed by atoms with van der Waals surface area (Å²) in [7, 11) is 0. The number of nitrogens with zero attached hydrogens (tertiary/aromatic N) is 1. The molecule has 1 aliphatic rings. The molecule has 22 heavy (non-hydrogen) atoms. The molecule has 0 spiro atoms. The summed E-state index contributed by atoms with van der Waals surface area (Å²) >= 11 is 0. The van der Waals surface area contributed by atoms with Gasteiger partial charge in [0, 0.05) is 26.2 Å². The molecule has 0 bridgehead atoms. The number of nitrogens with two attached hydrogens (primary N) is 1. The zero-order chi connectivity index (χ0) is 15.8. The van der Waals surface area contributed by atoms with Crippen molar-refractivity contribution in [3.8, 4) is 5.75 Å². The van der Waals surface area contributed by atoms with E-state index in [1.54, 1.807) is 18.2 Å². The summed E-state index contributed by atoms with van der Waals surface area (Å²) in [5.41, 5.74) is 5.39. The maximum atomic E-state index is 13.4. The maximum Gasteiger partial charge on any atom is 0.224 e. The number of benzene rings is 1. The average Bonchev–Trinajstić information content (AvgIpc) is 2.54. The second-order valence-corrected chi connectivity index (χ2v) is 5.50. The predicted octanol–water partition coefficient (Wildman–Crippen LogP) is 0.991. The SMILES string of the molecule is NCCNC(=O)C1CCCN(CCOc2ccccc2F)C1. The molecule has 1 unspecified atom stereocenters. The van der Waals surface area contributed by atoms with E-state index in [4.69, 9.17) is 10.5 Å². The Morgan fingerprint density at radius 3 is 3.05 bits per heavy atom. The third-order valence-corrected chi connectivity index (χ3v) is 3.82. The molecular weight excluding hydrogens is 285 g/mol. The van der Waals surface area contributed by atoms with E-state index in [0.717, 1.165) is 25.9 Å². The fourth-order valence-electron chi connectivity index (χ4n) is 2.66. The molecule has 2 rings (SSSR count). The third kappa shape index (κ3) is 4.96. The number of nitrogens with one attached hydrogen (secondary N) is 1. The lowest BCUT2D eigenvalue weighted by Gasteiger charge is -2.31. The number of carbonyl (C=O) groups is 1. The lowest BCUT2D eigenvalue weighted by Crippen LogP contribution is -2.45. The lowest BCUT2D eigenvalue weighted by molar-refractivity contribution is -0.126. The number of amides is 1. The number of hydrogen-bond acceptors (Lipinski definition) is 4. The van der Waals surface area contributed by atoms with Crippen LogP contribution in [0.25, 0.3) is 0 Å². The van der Waals surface area contributed by atoms with E-state index in [0.29, 0.717) is 26.2 Å². The molecule has 122 valence electrons. The quantitative estimate of drug-likeness (QED) is 0.788. The molecule has 3 N–H and O–H groups in total. The number of carbonyl (C=O) groups excluding carboxylic acids is 1. The van der Waals surface area contributed by atoms with Gasteiger partial charge in [0.25, 0.3) is 0 Å². The molecule has 1 amide bonds. The minimum absolute atomic E-state index is 0.00811. The topological polar surface area (TPSA) is 67.6 Å². The molecule has 6 heteroatoms. The number of piperidine rings is 1. The minimum atomic E-state index is -0.347. The molecule has 1 heterocycles. The first-order valence-corrected chi connectivity index (χ1v) is 7.78. The van der Waals surface area contributed by atoms with E-state index in [9.17, 15) is 9.18 Å². The molecule has 1 aromatic carbocycles. The van der Waals surface area contributed by atoms with Crippen molar-refractivity contribution in [1.82, 2.24) is 10.2 Å². The van der Waals surface area contributed by atoms with Crippen molar-refractivity contribution in [2.75, 3.05) is 39.3 Å². The van der Waals surface area contributed by atoms with Gasteiger partial charge in [0.1, 0.15) is 6.61 Å². The fraction of sp³-hybridized carbons (Fsp3) is 0.562. The van der Waals surface area contributed by atoms with Gasteiger partial charge in [0.15, 0.2) is 11.6 Å². The molecule has 0 saturated carbocycles. The second-order valence-electron chi connectivity index (χ2n) is 5.50. The van der Waals surface area contributed by atoms with Crippen molar-refractivity contribution >= 4 is 5.91 Å². The molecule has 1 aliphatic heterocycles. The van der Waals surface area contributed by atoms with Crippen LogP contribution in [0.2, 0.25) is 0 Å². The Hall–Kier alpha value is -1.66. The van der Waals surface area contributed by atoms with Gasteiger partial charge in [-0.25, -0.2) is 4.39 Å². The van der Waals surface area contributed by atoms with Crippen molar-refractivity contribution in [3.05, 3.63) is 30.1 Å². The largest absolute Gasteiger partial charge is 0.489 e. The van der Waals surface area contributed by atoms with Crippen LogP contribution in [0.3, 0.4) is 0 Å². The molecule has 0 aromatic heterocycles. The van der Waals surface area contributed by atoms with Gasteiger partial charge in [-0.2, -0.15) is 0 Å². The first-order valence-electron chi connectivity index (χ1n) is 7.78. The van der Waals surface area contributed by atoms with Gasteiger partial charge in [-0.15, -0.1) is 0 Å². The van der Waals surface area contributed by atoms with Crippen LogP contribution in [-0.2, 0) is 4.79 Å². The van der Waals surface area contributed by atoms with Gasteiger partial charge in [0.05, 0.1) is 5.92 Å². The highest BCUT2D eigenvalue weighted by Crippen LogP contribution is 2.18. The monoisotopic (exact) mass is 309 g/mol. The molecule has 1 aromatic rings. The summed E-state index contributed by atoms with van der Waals surface area (Å²) in [6.45, 7) is 3.75. The molecular formula is C16H24FN3O2. The lowest BCUT2D eigenvalue weighted by atomic mass is 9.97. The van der Waals surface area contributed by atoms with Gasteiger partial charge in [-0.1, -0.05) is 12.1 Å².